The summed E-state index contributed by atoms with van der Waals surface area (Å²) in [6, 6.07) is 8.24. The molecule has 0 radical (unpaired) electrons. The maximum Gasteiger partial charge on any atom is 0.223 e. The van der Waals surface area contributed by atoms with E-state index in [0.29, 0.717) is 18.3 Å². The zero-order chi connectivity index (χ0) is 15.2. The fraction of sp³-hybridized carbons (Fsp3) is 0.312. The van der Waals surface area contributed by atoms with Gasteiger partial charge in [-0.3, -0.25) is 0 Å². The monoisotopic (exact) mass is 352 g/mol. The Balaban J connectivity index is 2.16. The first-order chi connectivity index (χ1) is 10.1. The Labute approximate surface area is 132 Å². The van der Waals surface area contributed by atoms with Crippen LogP contribution in [0, 0.1) is 11.7 Å². The lowest BCUT2D eigenvalue weighted by molar-refractivity contribution is 0.419. The lowest BCUT2D eigenvalue weighted by Gasteiger charge is -2.12. The summed E-state index contributed by atoms with van der Waals surface area (Å²) in [5.74, 6) is 0.751. The summed E-state index contributed by atoms with van der Waals surface area (Å²) in [7, 11) is 0. The Bertz CT molecular complexity index is 605. The van der Waals surface area contributed by atoms with E-state index < -0.39 is 5.82 Å². The molecule has 21 heavy (non-hydrogen) atoms. The summed E-state index contributed by atoms with van der Waals surface area (Å²) >= 11 is 3.40. The Morgan fingerprint density at radius 3 is 2.81 bits per heavy atom. The predicted octanol–water partition coefficient (Wildman–Crippen LogP) is 4.52. The van der Waals surface area contributed by atoms with Gasteiger partial charge in [0.1, 0.15) is 0 Å². The van der Waals surface area contributed by atoms with Crippen LogP contribution in [0.1, 0.15) is 19.4 Å². The van der Waals surface area contributed by atoms with Gasteiger partial charge in [-0.1, -0.05) is 26.0 Å². The van der Waals surface area contributed by atoms with Gasteiger partial charge in [-0.2, -0.15) is 0 Å². The lowest BCUT2D eigenvalue weighted by Crippen LogP contribution is -2.19. The second-order valence-electron chi connectivity index (χ2n) is 5.18. The molecule has 1 N–H and O–H groups in total. The quantitative estimate of drug-likeness (QED) is 0.829. The maximum absolute atomic E-state index is 13.7. The van der Waals surface area contributed by atoms with E-state index >= 15 is 0 Å². The molecule has 1 aromatic heterocycles. The van der Waals surface area contributed by atoms with E-state index in [9.17, 15) is 4.39 Å². The Morgan fingerprint density at radius 1 is 1.33 bits per heavy atom. The molecule has 0 bridgehead atoms. The SMILES string of the molecule is CC(C)CNCc1cc(Br)cnc1Oc1ccccc1F. The van der Waals surface area contributed by atoms with Crippen molar-refractivity contribution >= 4 is 15.9 Å². The van der Waals surface area contributed by atoms with Crippen LogP contribution in [0.3, 0.4) is 0 Å². The summed E-state index contributed by atoms with van der Waals surface area (Å²) in [6.45, 7) is 5.80. The van der Waals surface area contributed by atoms with Gasteiger partial charge in [-0.25, -0.2) is 9.37 Å². The zero-order valence-electron chi connectivity index (χ0n) is 12.1. The topological polar surface area (TPSA) is 34.2 Å². The molecule has 0 spiro atoms. The molecule has 0 saturated heterocycles. The standard InChI is InChI=1S/C16H18BrFN2O/c1-11(2)8-19-9-12-7-13(17)10-20-16(12)21-15-6-4-3-5-14(15)18/h3-7,10-11,19H,8-9H2,1-2H3. The predicted molar refractivity (Wildman–Crippen MR) is 85.0 cm³/mol. The molecule has 3 nitrogen and oxygen atoms in total. The highest BCUT2D eigenvalue weighted by Crippen LogP contribution is 2.27. The smallest absolute Gasteiger partial charge is 0.223 e. The van der Waals surface area contributed by atoms with Gasteiger partial charge in [-0.05, 0) is 46.6 Å². The van der Waals surface area contributed by atoms with Crippen molar-refractivity contribution in [1.82, 2.24) is 10.3 Å². The van der Waals surface area contributed by atoms with Gasteiger partial charge in [0, 0.05) is 22.8 Å². The van der Waals surface area contributed by atoms with Gasteiger partial charge >= 0.3 is 0 Å². The molecule has 5 heteroatoms. The van der Waals surface area contributed by atoms with Crippen LogP contribution in [0.15, 0.2) is 41.0 Å². The number of rotatable bonds is 6. The number of nitrogens with zero attached hydrogens (tertiary/aromatic N) is 1. The molecular formula is C16H18BrFN2O. The van der Waals surface area contributed by atoms with Gasteiger partial charge in [0.05, 0.1) is 0 Å². The third-order valence-corrected chi connectivity index (χ3v) is 3.24. The van der Waals surface area contributed by atoms with Gasteiger partial charge in [0.15, 0.2) is 11.6 Å². The largest absolute Gasteiger partial charge is 0.436 e. The molecule has 112 valence electrons. The minimum atomic E-state index is -0.400. The summed E-state index contributed by atoms with van der Waals surface area (Å²) in [5.41, 5.74) is 0.883. The number of ether oxygens (including phenoxy) is 1. The van der Waals surface area contributed by atoms with E-state index in [0.717, 1.165) is 16.6 Å². The summed E-state index contributed by atoms with van der Waals surface area (Å²) in [5, 5.41) is 3.33. The first-order valence-corrected chi connectivity index (χ1v) is 7.63. The molecule has 0 amide bonds. The van der Waals surface area contributed by atoms with E-state index in [4.69, 9.17) is 4.74 Å². The minimum absolute atomic E-state index is 0.178. The molecule has 0 saturated carbocycles. The molecule has 2 aromatic rings. The van der Waals surface area contributed by atoms with Crippen molar-refractivity contribution in [2.45, 2.75) is 20.4 Å². The van der Waals surface area contributed by atoms with E-state index in [1.54, 1.807) is 24.4 Å². The molecular weight excluding hydrogens is 335 g/mol. The highest BCUT2D eigenvalue weighted by atomic mass is 79.9. The molecule has 0 unspecified atom stereocenters. The van der Waals surface area contributed by atoms with Gasteiger partial charge in [0.2, 0.25) is 5.88 Å². The van der Waals surface area contributed by atoms with Crippen LogP contribution in [-0.4, -0.2) is 11.5 Å². The molecule has 2 rings (SSSR count). The van der Waals surface area contributed by atoms with Crippen LogP contribution in [0.4, 0.5) is 4.39 Å². The molecule has 0 aliphatic heterocycles. The fourth-order valence-corrected chi connectivity index (χ4v) is 2.19. The number of aromatic nitrogens is 1. The van der Waals surface area contributed by atoms with E-state index in [1.165, 1.54) is 6.07 Å². The third-order valence-electron chi connectivity index (χ3n) is 2.80. The third kappa shape index (κ3) is 4.79. The van der Waals surface area contributed by atoms with E-state index in [1.807, 2.05) is 6.07 Å². The lowest BCUT2D eigenvalue weighted by atomic mass is 10.2. The number of nitrogens with one attached hydrogen (secondary N) is 1. The van der Waals surface area contributed by atoms with Crippen molar-refractivity contribution in [1.29, 1.82) is 0 Å². The van der Waals surface area contributed by atoms with Gasteiger partial charge in [0.25, 0.3) is 0 Å². The van der Waals surface area contributed by atoms with Crippen molar-refractivity contribution in [3.8, 4) is 11.6 Å². The highest BCUT2D eigenvalue weighted by Gasteiger charge is 2.10. The number of hydrogen-bond donors (Lipinski definition) is 1. The van der Waals surface area contributed by atoms with Crippen LogP contribution in [0.25, 0.3) is 0 Å². The summed E-state index contributed by atoms with van der Waals surface area (Å²) in [6.07, 6.45) is 1.64. The molecule has 1 aromatic carbocycles. The average Bonchev–Trinajstić information content (AvgIpc) is 2.43. The van der Waals surface area contributed by atoms with Crippen molar-refractivity contribution in [2.24, 2.45) is 5.92 Å². The van der Waals surface area contributed by atoms with Crippen molar-refractivity contribution < 1.29 is 9.13 Å². The van der Waals surface area contributed by atoms with Crippen LogP contribution in [0.2, 0.25) is 0 Å². The number of benzene rings is 1. The number of halogens is 2. The second kappa shape index (κ2) is 7.52. The van der Waals surface area contributed by atoms with Crippen molar-refractivity contribution in [3.63, 3.8) is 0 Å². The molecule has 0 atom stereocenters. The zero-order valence-corrected chi connectivity index (χ0v) is 13.7. The highest BCUT2D eigenvalue weighted by molar-refractivity contribution is 9.10. The number of para-hydroxylation sites is 1. The van der Waals surface area contributed by atoms with Gasteiger partial charge in [-0.15, -0.1) is 0 Å². The van der Waals surface area contributed by atoms with Gasteiger partial charge < -0.3 is 10.1 Å². The Morgan fingerprint density at radius 2 is 2.10 bits per heavy atom. The maximum atomic E-state index is 13.7. The average molecular weight is 353 g/mol. The summed E-state index contributed by atoms with van der Waals surface area (Å²) < 4.78 is 20.1. The van der Waals surface area contributed by atoms with E-state index in [2.05, 4.69) is 40.1 Å². The number of pyridine rings is 1. The molecule has 0 fully saturated rings. The van der Waals surface area contributed by atoms with Crippen LogP contribution in [0.5, 0.6) is 11.6 Å². The molecule has 0 aliphatic carbocycles. The fourth-order valence-electron chi connectivity index (χ4n) is 1.81. The molecule has 1 heterocycles. The van der Waals surface area contributed by atoms with Crippen LogP contribution in [-0.2, 0) is 6.54 Å². The van der Waals surface area contributed by atoms with Crippen LogP contribution < -0.4 is 10.1 Å². The minimum Gasteiger partial charge on any atom is -0.436 e. The normalized spacial score (nSPS) is 10.9. The van der Waals surface area contributed by atoms with Crippen molar-refractivity contribution in [3.05, 3.63) is 52.4 Å². The first-order valence-electron chi connectivity index (χ1n) is 6.84. The Kier molecular flexibility index (Phi) is 5.70. The second-order valence-corrected chi connectivity index (χ2v) is 6.09. The van der Waals surface area contributed by atoms with Crippen molar-refractivity contribution in [2.75, 3.05) is 6.54 Å². The molecule has 0 aliphatic rings. The van der Waals surface area contributed by atoms with Crippen LogP contribution >= 0.6 is 15.9 Å². The summed E-state index contributed by atoms with van der Waals surface area (Å²) in [4.78, 5) is 4.24. The first kappa shape index (κ1) is 15.9. The number of hydrogen-bond acceptors (Lipinski definition) is 3. The van der Waals surface area contributed by atoms with E-state index in [-0.39, 0.29) is 5.75 Å². The Hall–Kier alpha value is -1.46.